The molecule has 0 aliphatic heterocycles. The van der Waals surface area contributed by atoms with Crippen LogP contribution >= 0.6 is 0 Å². The van der Waals surface area contributed by atoms with E-state index in [1.54, 1.807) is 12.1 Å². The number of nitrogens with two attached hydrogens (primary N) is 1. The third-order valence-corrected chi connectivity index (χ3v) is 2.19. The number of nitrogens with one attached hydrogen (secondary N) is 1. The predicted molar refractivity (Wildman–Crippen MR) is 64.9 cm³/mol. The molecule has 0 bridgehead atoms. The molecule has 0 aliphatic carbocycles. The van der Waals surface area contributed by atoms with Gasteiger partial charge in [0.15, 0.2) is 0 Å². The van der Waals surface area contributed by atoms with Crippen LogP contribution < -0.4 is 11.1 Å². The first-order valence-corrected chi connectivity index (χ1v) is 5.02. The fourth-order valence-corrected chi connectivity index (χ4v) is 1.35. The number of aromatic carboxylic acids is 1. The maximum atomic E-state index is 11.0. The Kier molecular flexibility index (Phi) is 4.13. The lowest BCUT2D eigenvalue weighted by molar-refractivity contribution is 0.0698. The Morgan fingerprint density at radius 3 is 2.75 bits per heavy atom. The van der Waals surface area contributed by atoms with E-state index >= 15 is 0 Å². The summed E-state index contributed by atoms with van der Waals surface area (Å²) in [5.74, 6) is -0.973. The van der Waals surface area contributed by atoms with Gasteiger partial charge in [-0.25, -0.2) is 4.79 Å². The maximum absolute atomic E-state index is 11.0. The fourth-order valence-electron chi connectivity index (χ4n) is 1.35. The summed E-state index contributed by atoms with van der Waals surface area (Å²) in [6, 6.07) is 4.86. The molecular weight excluding hydrogens is 206 g/mol. The zero-order valence-electron chi connectivity index (χ0n) is 9.53. The Hall–Kier alpha value is -1.75. The molecule has 1 aromatic rings. The molecule has 5 nitrogen and oxygen atoms in total. The number of carbonyl (C=O) groups is 1. The van der Waals surface area contributed by atoms with Crippen LogP contribution in [0.15, 0.2) is 18.2 Å². The summed E-state index contributed by atoms with van der Waals surface area (Å²) in [6.07, 6.45) is 0. The molecule has 0 saturated heterocycles. The highest BCUT2D eigenvalue weighted by atomic mass is 16.4. The average Bonchev–Trinajstić information content (AvgIpc) is 2.19. The standard InChI is InChI=1S/C11H17N3O2/c1-14(2)7-6-13-10-8(11(15)16)4-3-5-9(10)12/h3-5,13H,6-7,12H2,1-2H3,(H,15,16). The number of hydrogen-bond donors (Lipinski definition) is 3. The lowest BCUT2D eigenvalue weighted by Crippen LogP contribution is -2.22. The van der Waals surface area contributed by atoms with Crippen molar-refractivity contribution >= 4 is 17.3 Å². The molecule has 0 unspecified atom stereocenters. The van der Waals surface area contributed by atoms with E-state index in [4.69, 9.17) is 10.8 Å². The van der Waals surface area contributed by atoms with Crippen LogP contribution in [0.2, 0.25) is 0 Å². The minimum atomic E-state index is -0.973. The van der Waals surface area contributed by atoms with Gasteiger partial charge in [0, 0.05) is 13.1 Å². The monoisotopic (exact) mass is 223 g/mol. The molecule has 5 heteroatoms. The highest BCUT2D eigenvalue weighted by molar-refractivity contribution is 5.97. The molecule has 0 aliphatic rings. The lowest BCUT2D eigenvalue weighted by Gasteiger charge is -2.14. The van der Waals surface area contributed by atoms with E-state index in [0.717, 1.165) is 6.54 Å². The smallest absolute Gasteiger partial charge is 0.337 e. The molecule has 0 amide bonds. The van der Waals surface area contributed by atoms with Gasteiger partial charge in [-0.3, -0.25) is 0 Å². The molecule has 0 aromatic heterocycles. The minimum Gasteiger partial charge on any atom is -0.478 e. The number of para-hydroxylation sites is 1. The van der Waals surface area contributed by atoms with Crippen LogP contribution in [0.25, 0.3) is 0 Å². The molecular formula is C11H17N3O2. The maximum Gasteiger partial charge on any atom is 0.337 e. The van der Waals surface area contributed by atoms with Gasteiger partial charge in [-0.15, -0.1) is 0 Å². The number of hydrogen-bond acceptors (Lipinski definition) is 4. The summed E-state index contributed by atoms with van der Waals surface area (Å²) in [4.78, 5) is 13.0. The third kappa shape index (κ3) is 3.13. The number of benzene rings is 1. The van der Waals surface area contributed by atoms with Crippen LogP contribution in [0.1, 0.15) is 10.4 Å². The van der Waals surface area contributed by atoms with Crippen LogP contribution in [0.5, 0.6) is 0 Å². The van der Waals surface area contributed by atoms with Crippen molar-refractivity contribution in [2.24, 2.45) is 0 Å². The van der Waals surface area contributed by atoms with Crippen molar-refractivity contribution in [2.45, 2.75) is 0 Å². The van der Waals surface area contributed by atoms with Gasteiger partial charge in [0.1, 0.15) is 0 Å². The van der Waals surface area contributed by atoms with Gasteiger partial charge < -0.3 is 21.1 Å². The highest BCUT2D eigenvalue weighted by Gasteiger charge is 2.11. The van der Waals surface area contributed by atoms with Crippen molar-refractivity contribution in [3.8, 4) is 0 Å². The van der Waals surface area contributed by atoms with E-state index in [1.165, 1.54) is 6.07 Å². The second-order valence-electron chi connectivity index (χ2n) is 3.81. The topological polar surface area (TPSA) is 78.6 Å². The van der Waals surface area contributed by atoms with Crippen LogP contribution in [0.3, 0.4) is 0 Å². The number of nitrogen functional groups attached to an aromatic ring is 1. The lowest BCUT2D eigenvalue weighted by atomic mass is 10.1. The van der Waals surface area contributed by atoms with Crippen LogP contribution in [-0.4, -0.2) is 43.2 Å². The first-order valence-electron chi connectivity index (χ1n) is 5.02. The summed E-state index contributed by atoms with van der Waals surface area (Å²) in [5.41, 5.74) is 6.90. The number of nitrogens with zero attached hydrogens (tertiary/aromatic N) is 1. The Labute approximate surface area is 94.9 Å². The SMILES string of the molecule is CN(C)CCNc1c(N)cccc1C(=O)O. The number of anilines is 2. The van der Waals surface area contributed by atoms with Crippen molar-refractivity contribution < 1.29 is 9.90 Å². The fraction of sp³-hybridized carbons (Fsp3) is 0.364. The first kappa shape index (κ1) is 12.3. The van der Waals surface area contributed by atoms with E-state index in [0.29, 0.717) is 17.9 Å². The van der Waals surface area contributed by atoms with E-state index in [9.17, 15) is 4.79 Å². The Bertz CT molecular complexity index is 377. The van der Waals surface area contributed by atoms with Crippen LogP contribution in [-0.2, 0) is 0 Å². The molecule has 0 fully saturated rings. The Morgan fingerprint density at radius 2 is 2.19 bits per heavy atom. The van der Waals surface area contributed by atoms with Crippen molar-refractivity contribution in [1.29, 1.82) is 0 Å². The summed E-state index contributed by atoms with van der Waals surface area (Å²) in [6.45, 7) is 1.47. The van der Waals surface area contributed by atoms with Crippen molar-refractivity contribution in [3.63, 3.8) is 0 Å². The van der Waals surface area contributed by atoms with Gasteiger partial charge in [0.25, 0.3) is 0 Å². The molecule has 16 heavy (non-hydrogen) atoms. The second kappa shape index (κ2) is 5.37. The van der Waals surface area contributed by atoms with Crippen molar-refractivity contribution in [3.05, 3.63) is 23.8 Å². The molecule has 0 radical (unpaired) electrons. The van der Waals surface area contributed by atoms with Gasteiger partial charge in [-0.05, 0) is 26.2 Å². The highest BCUT2D eigenvalue weighted by Crippen LogP contribution is 2.23. The number of carboxylic acids is 1. The average molecular weight is 223 g/mol. The van der Waals surface area contributed by atoms with Gasteiger partial charge in [0.2, 0.25) is 0 Å². The normalized spacial score (nSPS) is 10.4. The van der Waals surface area contributed by atoms with Gasteiger partial charge in [-0.2, -0.15) is 0 Å². The van der Waals surface area contributed by atoms with Crippen LogP contribution in [0.4, 0.5) is 11.4 Å². The molecule has 0 heterocycles. The van der Waals surface area contributed by atoms with E-state index in [-0.39, 0.29) is 5.56 Å². The van der Waals surface area contributed by atoms with Gasteiger partial charge >= 0.3 is 5.97 Å². The molecule has 0 atom stereocenters. The summed E-state index contributed by atoms with van der Waals surface area (Å²) in [7, 11) is 3.91. The first-order chi connectivity index (χ1) is 7.52. The predicted octanol–water partition coefficient (Wildman–Crippen LogP) is 0.941. The molecule has 1 rings (SSSR count). The second-order valence-corrected chi connectivity index (χ2v) is 3.81. The Morgan fingerprint density at radius 1 is 1.50 bits per heavy atom. The number of carboxylic acid groups (broad SMARTS) is 1. The molecule has 1 aromatic carbocycles. The largest absolute Gasteiger partial charge is 0.478 e. The quantitative estimate of drug-likeness (QED) is 0.647. The summed E-state index contributed by atoms with van der Waals surface area (Å²) < 4.78 is 0. The molecule has 4 N–H and O–H groups in total. The minimum absolute atomic E-state index is 0.207. The number of likely N-dealkylation sites (N-methyl/N-ethyl adjacent to an activating group) is 1. The summed E-state index contributed by atoms with van der Waals surface area (Å²) >= 11 is 0. The number of rotatable bonds is 5. The molecule has 0 spiro atoms. The zero-order chi connectivity index (χ0) is 12.1. The van der Waals surface area contributed by atoms with Crippen LogP contribution in [0, 0.1) is 0 Å². The summed E-state index contributed by atoms with van der Waals surface area (Å²) in [5, 5.41) is 12.0. The van der Waals surface area contributed by atoms with E-state index in [2.05, 4.69) is 5.32 Å². The zero-order valence-corrected chi connectivity index (χ0v) is 9.53. The third-order valence-electron chi connectivity index (χ3n) is 2.19. The molecule has 0 saturated carbocycles. The molecule has 88 valence electrons. The van der Waals surface area contributed by atoms with E-state index in [1.807, 2.05) is 19.0 Å². The Balaban J connectivity index is 2.80. The van der Waals surface area contributed by atoms with Crippen molar-refractivity contribution in [1.82, 2.24) is 4.90 Å². The van der Waals surface area contributed by atoms with E-state index < -0.39 is 5.97 Å². The van der Waals surface area contributed by atoms with Crippen molar-refractivity contribution in [2.75, 3.05) is 38.2 Å². The van der Waals surface area contributed by atoms with Gasteiger partial charge in [-0.1, -0.05) is 6.07 Å². The van der Waals surface area contributed by atoms with Gasteiger partial charge in [0.05, 0.1) is 16.9 Å².